The Labute approximate surface area is 121 Å². The van der Waals surface area contributed by atoms with Gasteiger partial charge in [0.2, 0.25) is 0 Å². The monoisotopic (exact) mass is 282 g/mol. The Balaban J connectivity index is 1.69. The van der Waals surface area contributed by atoms with Crippen LogP contribution in [0.4, 0.5) is 0 Å². The number of carbonyl (C=O) groups is 1. The van der Waals surface area contributed by atoms with Crippen LogP contribution in [0.2, 0.25) is 0 Å². The molecule has 1 aliphatic heterocycles. The van der Waals surface area contributed by atoms with Crippen molar-refractivity contribution in [2.24, 2.45) is 0 Å². The Morgan fingerprint density at radius 2 is 2.29 bits per heavy atom. The van der Waals surface area contributed by atoms with Gasteiger partial charge in [-0.3, -0.25) is 4.79 Å². The topological polar surface area (TPSA) is 63.6 Å². The molecule has 0 aromatic carbocycles. The molecule has 0 saturated heterocycles. The van der Waals surface area contributed by atoms with Crippen molar-refractivity contribution < 1.29 is 9.32 Å². The van der Waals surface area contributed by atoms with Crippen LogP contribution in [0.3, 0.4) is 0 Å². The van der Waals surface area contributed by atoms with E-state index in [2.05, 4.69) is 10.1 Å². The fourth-order valence-electron chi connectivity index (χ4n) is 2.78. The maximum absolute atomic E-state index is 12.7. The van der Waals surface area contributed by atoms with Crippen molar-refractivity contribution in [3.8, 4) is 0 Å². The first kappa shape index (κ1) is 12.1. The maximum atomic E-state index is 12.7. The molecule has 0 unspecified atom stereocenters. The van der Waals surface area contributed by atoms with Gasteiger partial charge >= 0.3 is 0 Å². The van der Waals surface area contributed by atoms with Gasteiger partial charge in [0, 0.05) is 24.7 Å². The van der Waals surface area contributed by atoms with E-state index in [1.807, 2.05) is 35.7 Å². The normalized spacial score (nSPS) is 14.4. The number of pyridine rings is 1. The SMILES string of the molecule is Cc1c(C(=O)N2CCc3nocc3C2)nc2ccccn12. The first-order valence-electron chi connectivity index (χ1n) is 6.89. The lowest BCUT2D eigenvalue weighted by Gasteiger charge is -2.25. The zero-order valence-electron chi connectivity index (χ0n) is 11.6. The minimum absolute atomic E-state index is 0.0388. The van der Waals surface area contributed by atoms with Crippen LogP contribution in [0.15, 0.2) is 35.2 Å². The van der Waals surface area contributed by atoms with Gasteiger partial charge in [0.25, 0.3) is 5.91 Å². The van der Waals surface area contributed by atoms with E-state index in [1.54, 1.807) is 11.2 Å². The second kappa shape index (κ2) is 4.44. The maximum Gasteiger partial charge on any atom is 0.274 e. The lowest BCUT2D eigenvalue weighted by molar-refractivity contribution is 0.0728. The highest BCUT2D eigenvalue weighted by Gasteiger charge is 2.27. The van der Waals surface area contributed by atoms with Crippen molar-refractivity contribution in [2.45, 2.75) is 19.9 Å². The highest BCUT2D eigenvalue weighted by Crippen LogP contribution is 2.20. The predicted octanol–water partition coefficient (Wildman–Crippen LogP) is 1.83. The van der Waals surface area contributed by atoms with Gasteiger partial charge in [-0.1, -0.05) is 11.2 Å². The molecule has 0 bridgehead atoms. The zero-order chi connectivity index (χ0) is 14.4. The molecular weight excluding hydrogens is 268 g/mol. The van der Waals surface area contributed by atoms with Crippen LogP contribution in [0.1, 0.15) is 27.4 Å². The van der Waals surface area contributed by atoms with E-state index in [-0.39, 0.29) is 5.91 Å². The molecule has 4 rings (SSSR count). The largest absolute Gasteiger partial charge is 0.364 e. The number of hydrogen-bond donors (Lipinski definition) is 0. The standard InChI is InChI=1S/C15H14N4O2/c1-10-14(16-13-4-2-3-6-19(10)13)15(20)18-7-5-12-11(8-18)9-21-17-12/h2-4,6,9H,5,7-8H2,1H3. The number of rotatable bonds is 1. The average Bonchev–Trinajstić information content (AvgIpc) is 3.11. The van der Waals surface area contributed by atoms with Crippen LogP contribution < -0.4 is 0 Å². The molecule has 3 aromatic rings. The third kappa shape index (κ3) is 1.83. The molecular formula is C15H14N4O2. The summed E-state index contributed by atoms with van der Waals surface area (Å²) in [7, 11) is 0. The van der Waals surface area contributed by atoms with E-state index in [4.69, 9.17) is 4.52 Å². The molecule has 0 atom stereocenters. The highest BCUT2D eigenvalue weighted by atomic mass is 16.5. The number of imidazole rings is 1. The molecule has 1 amide bonds. The number of aryl methyl sites for hydroxylation is 1. The predicted molar refractivity (Wildman–Crippen MR) is 74.9 cm³/mol. The summed E-state index contributed by atoms with van der Waals surface area (Å²) >= 11 is 0. The summed E-state index contributed by atoms with van der Waals surface area (Å²) in [6.07, 6.45) is 4.26. The lowest BCUT2D eigenvalue weighted by atomic mass is 10.1. The molecule has 6 nitrogen and oxygen atoms in total. The van der Waals surface area contributed by atoms with Gasteiger partial charge in [0.05, 0.1) is 17.9 Å². The summed E-state index contributed by atoms with van der Waals surface area (Å²) < 4.78 is 6.90. The van der Waals surface area contributed by atoms with E-state index in [1.165, 1.54) is 0 Å². The number of hydrogen-bond acceptors (Lipinski definition) is 4. The smallest absolute Gasteiger partial charge is 0.274 e. The van der Waals surface area contributed by atoms with Crippen LogP contribution in [0.5, 0.6) is 0 Å². The van der Waals surface area contributed by atoms with Gasteiger partial charge in [-0.05, 0) is 19.1 Å². The lowest BCUT2D eigenvalue weighted by Crippen LogP contribution is -2.36. The van der Waals surface area contributed by atoms with Gasteiger partial charge in [-0.15, -0.1) is 0 Å². The molecule has 3 aromatic heterocycles. The fourth-order valence-corrected chi connectivity index (χ4v) is 2.78. The van der Waals surface area contributed by atoms with Crippen LogP contribution in [0.25, 0.3) is 5.65 Å². The molecule has 0 spiro atoms. The van der Waals surface area contributed by atoms with Crippen molar-refractivity contribution >= 4 is 11.6 Å². The van der Waals surface area contributed by atoms with Crippen molar-refractivity contribution in [3.63, 3.8) is 0 Å². The Morgan fingerprint density at radius 1 is 1.38 bits per heavy atom. The molecule has 106 valence electrons. The van der Waals surface area contributed by atoms with Gasteiger partial charge in [-0.2, -0.15) is 0 Å². The van der Waals surface area contributed by atoms with Gasteiger partial charge < -0.3 is 13.8 Å². The number of nitrogens with zero attached hydrogens (tertiary/aromatic N) is 4. The minimum Gasteiger partial charge on any atom is -0.364 e. The molecule has 0 fully saturated rings. The zero-order valence-corrected chi connectivity index (χ0v) is 11.6. The Kier molecular flexibility index (Phi) is 2.57. The molecule has 21 heavy (non-hydrogen) atoms. The molecule has 0 aliphatic carbocycles. The van der Waals surface area contributed by atoms with E-state index in [0.717, 1.165) is 29.0 Å². The van der Waals surface area contributed by atoms with Gasteiger partial charge in [0.15, 0.2) is 0 Å². The average molecular weight is 282 g/mol. The molecule has 6 heteroatoms. The summed E-state index contributed by atoms with van der Waals surface area (Å²) in [6.45, 7) is 3.10. The van der Waals surface area contributed by atoms with Crippen LogP contribution >= 0.6 is 0 Å². The van der Waals surface area contributed by atoms with Crippen LogP contribution in [-0.4, -0.2) is 31.9 Å². The van der Waals surface area contributed by atoms with Crippen molar-refractivity contribution in [1.29, 1.82) is 0 Å². The summed E-state index contributed by atoms with van der Waals surface area (Å²) in [5, 5.41) is 3.94. The van der Waals surface area contributed by atoms with Crippen LogP contribution in [-0.2, 0) is 13.0 Å². The summed E-state index contributed by atoms with van der Waals surface area (Å²) in [6, 6.07) is 5.75. The van der Waals surface area contributed by atoms with E-state index in [0.29, 0.717) is 18.8 Å². The van der Waals surface area contributed by atoms with Crippen LogP contribution in [0, 0.1) is 6.92 Å². The first-order valence-corrected chi connectivity index (χ1v) is 6.89. The summed E-state index contributed by atoms with van der Waals surface area (Å²) in [5.41, 5.74) is 4.11. The van der Waals surface area contributed by atoms with Gasteiger partial charge in [0.1, 0.15) is 17.6 Å². The molecule has 4 heterocycles. The second-order valence-electron chi connectivity index (χ2n) is 5.24. The fraction of sp³-hybridized carbons (Fsp3) is 0.267. The summed E-state index contributed by atoms with van der Waals surface area (Å²) in [5.74, 6) is -0.0388. The number of aromatic nitrogens is 3. The van der Waals surface area contributed by atoms with E-state index >= 15 is 0 Å². The molecule has 1 aliphatic rings. The Bertz CT molecular complexity index is 833. The number of carbonyl (C=O) groups excluding carboxylic acids is 1. The third-order valence-electron chi connectivity index (χ3n) is 3.97. The van der Waals surface area contributed by atoms with Crippen molar-refractivity contribution in [1.82, 2.24) is 19.4 Å². The van der Waals surface area contributed by atoms with Crippen molar-refractivity contribution in [2.75, 3.05) is 6.54 Å². The molecule has 0 N–H and O–H groups in total. The Morgan fingerprint density at radius 3 is 3.14 bits per heavy atom. The number of fused-ring (bicyclic) bond motifs is 2. The van der Waals surface area contributed by atoms with E-state index < -0.39 is 0 Å². The Hall–Kier alpha value is -2.63. The van der Waals surface area contributed by atoms with Crippen molar-refractivity contribution in [3.05, 3.63) is 53.3 Å². The highest BCUT2D eigenvalue weighted by molar-refractivity contribution is 5.94. The van der Waals surface area contributed by atoms with Gasteiger partial charge in [-0.25, -0.2) is 4.98 Å². The van der Waals surface area contributed by atoms with E-state index in [9.17, 15) is 4.79 Å². The second-order valence-corrected chi connectivity index (χ2v) is 5.24. The summed E-state index contributed by atoms with van der Waals surface area (Å²) in [4.78, 5) is 19.0. The third-order valence-corrected chi connectivity index (χ3v) is 3.97. The minimum atomic E-state index is -0.0388. The first-order chi connectivity index (χ1) is 10.2. The molecule has 0 saturated carbocycles. The number of amides is 1. The molecule has 0 radical (unpaired) electrons. The quantitative estimate of drug-likeness (QED) is 0.683.